The minimum absolute atomic E-state index is 0.130. The van der Waals surface area contributed by atoms with E-state index in [1.54, 1.807) is 0 Å². The Balaban J connectivity index is 1.96. The van der Waals surface area contributed by atoms with Gasteiger partial charge in [0.1, 0.15) is 0 Å². The monoisotopic (exact) mass is 324 g/mol. The zero-order chi connectivity index (χ0) is 16.2. The summed E-state index contributed by atoms with van der Waals surface area (Å²) in [6, 6.07) is -0.00203. The van der Waals surface area contributed by atoms with E-state index in [9.17, 15) is 13.2 Å². The topological polar surface area (TPSA) is 66.5 Å². The van der Waals surface area contributed by atoms with Crippen LogP contribution in [0.25, 0.3) is 0 Å². The fraction of sp³-hybridized carbons (Fsp3) is 0.562. The number of likely N-dealkylation sites (tertiary alicyclic amines) is 1. The van der Waals surface area contributed by atoms with Crippen molar-refractivity contribution < 1.29 is 13.2 Å². The lowest BCUT2D eigenvalue weighted by atomic mass is 9.96. The Labute approximate surface area is 132 Å². The van der Waals surface area contributed by atoms with Gasteiger partial charge < -0.3 is 10.2 Å². The number of amides is 2. The minimum Gasteiger partial charge on any atom is -0.334 e. The molecule has 1 fully saturated rings. The molecule has 2 aliphatic rings. The molecule has 0 aromatic rings. The highest BCUT2D eigenvalue weighted by atomic mass is 32.2. The first-order chi connectivity index (χ1) is 10.4. The van der Waals surface area contributed by atoms with Crippen LogP contribution in [0.1, 0.15) is 26.2 Å². The Morgan fingerprint density at radius 3 is 2.86 bits per heavy atom. The van der Waals surface area contributed by atoms with Crippen molar-refractivity contribution >= 4 is 15.9 Å². The number of rotatable bonds is 4. The molecule has 0 aromatic carbocycles. The molecule has 5 nitrogen and oxygen atoms in total. The smallest absolute Gasteiger partial charge is 0.318 e. The Morgan fingerprint density at radius 2 is 2.23 bits per heavy atom. The largest absolute Gasteiger partial charge is 0.334 e. The van der Waals surface area contributed by atoms with Gasteiger partial charge in [-0.2, -0.15) is 0 Å². The lowest BCUT2D eigenvalue weighted by Crippen LogP contribution is -2.43. The second-order valence-corrected chi connectivity index (χ2v) is 8.01. The van der Waals surface area contributed by atoms with E-state index in [0.717, 1.165) is 37.5 Å². The van der Waals surface area contributed by atoms with Crippen molar-refractivity contribution in [2.45, 2.75) is 32.2 Å². The highest BCUT2D eigenvalue weighted by molar-refractivity contribution is 7.93. The molecular formula is C16H24N2O3S. The summed E-state index contributed by atoms with van der Waals surface area (Å²) in [6.45, 7) is 3.10. The molecule has 1 heterocycles. The Bertz CT molecular complexity index is 605. The molecular weight excluding hydrogens is 300 g/mol. The van der Waals surface area contributed by atoms with Crippen molar-refractivity contribution in [1.29, 1.82) is 0 Å². The maximum absolute atomic E-state index is 12.3. The highest BCUT2D eigenvalue weighted by Crippen LogP contribution is 2.30. The molecule has 0 spiro atoms. The predicted molar refractivity (Wildman–Crippen MR) is 88.1 cm³/mol. The van der Waals surface area contributed by atoms with E-state index < -0.39 is 9.84 Å². The van der Waals surface area contributed by atoms with Crippen molar-refractivity contribution in [2.24, 2.45) is 5.92 Å². The van der Waals surface area contributed by atoms with Gasteiger partial charge in [0.25, 0.3) is 0 Å². The summed E-state index contributed by atoms with van der Waals surface area (Å²) in [6.07, 6.45) is 12.2. The fourth-order valence-corrected chi connectivity index (χ4v) is 3.38. The zero-order valence-corrected chi connectivity index (χ0v) is 14.0. The van der Waals surface area contributed by atoms with Gasteiger partial charge in [-0.25, -0.2) is 13.2 Å². The molecule has 2 rings (SSSR count). The molecule has 0 bridgehead atoms. The summed E-state index contributed by atoms with van der Waals surface area (Å²) in [5, 5.41) is 3.89. The molecule has 6 heteroatoms. The molecule has 1 saturated heterocycles. The van der Waals surface area contributed by atoms with Crippen LogP contribution >= 0.6 is 0 Å². The van der Waals surface area contributed by atoms with E-state index in [-0.39, 0.29) is 18.6 Å². The third-order valence-corrected chi connectivity index (χ3v) is 4.58. The second-order valence-electron chi connectivity index (χ2n) is 6.08. The highest BCUT2D eigenvalue weighted by Gasteiger charge is 2.34. The Hall–Kier alpha value is -1.56. The molecule has 0 unspecified atom stereocenters. The van der Waals surface area contributed by atoms with Gasteiger partial charge in [0.2, 0.25) is 0 Å². The van der Waals surface area contributed by atoms with E-state index >= 15 is 0 Å². The van der Waals surface area contributed by atoms with Crippen LogP contribution in [0.2, 0.25) is 0 Å². The molecule has 1 aliphatic carbocycles. The lowest BCUT2D eigenvalue weighted by molar-refractivity contribution is 0.199. The predicted octanol–water partition coefficient (Wildman–Crippen LogP) is 2.24. The molecule has 122 valence electrons. The van der Waals surface area contributed by atoms with Gasteiger partial charge in [0.15, 0.2) is 9.84 Å². The summed E-state index contributed by atoms with van der Waals surface area (Å²) in [7, 11) is -3.14. The first kappa shape index (κ1) is 16.8. The van der Waals surface area contributed by atoms with Crippen LogP contribution in [0.15, 0.2) is 35.3 Å². The zero-order valence-electron chi connectivity index (χ0n) is 13.2. The average molecular weight is 324 g/mol. The van der Waals surface area contributed by atoms with Crippen LogP contribution in [0, 0.1) is 5.92 Å². The third kappa shape index (κ3) is 4.73. The Morgan fingerprint density at radius 1 is 1.45 bits per heavy atom. The summed E-state index contributed by atoms with van der Waals surface area (Å²) in [4.78, 5) is 14.2. The molecule has 0 aromatic heterocycles. The van der Waals surface area contributed by atoms with E-state index in [0.29, 0.717) is 5.92 Å². The molecule has 2 amide bonds. The van der Waals surface area contributed by atoms with E-state index in [1.165, 1.54) is 11.6 Å². The van der Waals surface area contributed by atoms with Gasteiger partial charge in [-0.05, 0) is 30.8 Å². The number of hydrogen-bond acceptors (Lipinski definition) is 3. The van der Waals surface area contributed by atoms with Crippen molar-refractivity contribution in [1.82, 2.24) is 10.2 Å². The SMILES string of the molecule is C[C@@H]1C[C@H](C2=CCCC=C2)N(C(=O)NC/C=C/S(C)(=O)=O)C1. The number of carbonyl (C=O) groups excluding carboxylic acids is 1. The standard InChI is InChI=1S/C16H24N2O3S/c1-13-11-15(14-7-4-3-5-8-14)18(12-13)16(19)17-9-6-10-22(2,20)21/h4,6-8,10,13,15H,3,5,9,11-12H2,1-2H3,(H,17,19)/b10-6+/t13-,15-/m1/s1. The lowest BCUT2D eigenvalue weighted by Gasteiger charge is -2.26. The van der Waals surface area contributed by atoms with Crippen molar-refractivity contribution in [3.63, 3.8) is 0 Å². The van der Waals surface area contributed by atoms with Gasteiger partial charge in [0, 0.05) is 24.8 Å². The van der Waals surface area contributed by atoms with Gasteiger partial charge >= 0.3 is 6.03 Å². The van der Waals surface area contributed by atoms with Crippen LogP contribution in [0.5, 0.6) is 0 Å². The summed E-state index contributed by atoms with van der Waals surface area (Å²) in [5.74, 6) is 0.471. The summed E-state index contributed by atoms with van der Waals surface area (Å²) in [5.41, 5.74) is 1.22. The van der Waals surface area contributed by atoms with Crippen LogP contribution in [0.3, 0.4) is 0 Å². The van der Waals surface area contributed by atoms with Gasteiger partial charge in [-0.15, -0.1) is 0 Å². The number of nitrogens with zero attached hydrogens (tertiary/aromatic N) is 1. The number of hydrogen-bond donors (Lipinski definition) is 1. The van der Waals surface area contributed by atoms with Crippen LogP contribution < -0.4 is 5.32 Å². The number of carbonyl (C=O) groups is 1. The number of urea groups is 1. The van der Waals surface area contributed by atoms with Crippen LogP contribution in [-0.4, -0.2) is 44.7 Å². The van der Waals surface area contributed by atoms with Crippen molar-refractivity contribution in [2.75, 3.05) is 19.3 Å². The van der Waals surface area contributed by atoms with Gasteiger partial charge in [0.05, 0.1) is 6.04 Å². The minimum atomic E-state index is -3.14. The number of nitrogens with one attached hydrogen (secondary N) is 1. The quantitative estimate of drug-likeness (QED) is 0.862. The first-order valence-corrected chi connectivity index (χ1v) is 9.60. The molecule has 22 heavy (non-hydrogen) atoms. The fourth-order valence-electron chi connectivity index (χ4n) is 2.94. The van der Waals surface area contributed by atoms with Crippen LogP contribution in [-0.2, 0) is 9.84 Å². The van der Waals surface area contributed by atoms with Crippen molar-refractivity contribution in [3.8, 4) is 0 Å². The first-order valence-electron chi connectivity index (χ1n) is 7.64. The van der Waals surface area contributed by atoms with Crippen molar-refractivity contribution in [3.05, 3.63) is 35.3 Å². The molecule has 2 atom stereocenters. The maximum atomic E-state index is 12.3. The third-order valence-electron chi connectivity index (χ3n) is 3.89. The van der Waals surface area contributed by atoms with Gasteiger partial charge in [-0.3, -0.25) is 0 Å². The molecule has 0 radical (unpaired) electrons. The van der Waals surface area contributed by atoms with Gasteiger partial charge in [-0.1, -0.05) is 31.2 Å². The number of sulfone groups is 1. The Kier molecular flexibility index (Phi) is 5.45. The second kappa shape index (κ2) is 7.13. The summed E-state index contributed by atoms with van der Waals surface area (Å²) >= 11 is 0. The summed E-state index contributed by atoms with van der Waals surface area (Å²) < 4.78 is 22.0. The molecule has 1 aliphatic heterocycles. The van der Waals surface area contributed by atoms with Crippen LogP contribution in [0.4, 0.5) is 4.79 Å². The molecule has 0 saturated carbocycles. The van der Waals surface area contributed by atoms with E-state index in [1.807, 2.05) is 4.90 Å². The maximum Gasteiger partial charge on any atom is 0.318 e. The van der Waals surface area contributed by atoms with E-state index in [2.05, 4.69) is 30.5 Å². The number of allylic oxidation sites excluding steroid dienone is 2. The average Bonchev–Trinajstić information content (AvgIpc) is 2.85. The molecule has 1 N–H and O–H groups in total. The normalized spacial score (nSPS) is 25.5. The van der Waals surface area contributed by atoms with E-state index in [4.69, 9.17) is 0 Å².